The van der Waals surface area contributed by atoms with Crippen LogP contribution >= 0.6 is 0 Å². The predicted octanol–water partition coefficient (Wildman–Crippen LogP) is 0.199. The first-order valence-electron chi connectivity index (χ1n) is 2.46. The number of hydrogen-bond donors (Lipinski definition) is 1. The molecule has 0 bridgehead atoms. The molecule has 8 heavy (non-hydrogen) atoms. The summed E-state index contributed by atoms with van der Waals surface area (Å²) in [5, 5.41) is 7.04. The zero-order valence-corrected chi connectivity index (χ0v) is 4.60. The third kappa shape index (κ3) is 0.598. The Kier molecular flexibility index (Phi) is 1.04. The normalized spacial score (nSPS) is 28.4. The van der Waals surface area contributed by atoms with Gasteiger partial charge in [0.2, 0.25) is 0 Å². The van der Waals surface area contributed by atoms with Gasteiger partial charge in [-0.15, -0.1) is 0 Å². The highest BCUT2D eigenvalue weighted by atomic mass is 16.5. The Hall–Kier alpha value is -0.860. The smallest absolute Gasteiger partial charge is 0.314 e. The highest BCUT2D eigenvalue weighted by Crippen LogP contribution is 2.08. The number of hydrogen-bond acceptors (Lipinski definition) is 3. The maximum atomic E-state index is 10.4. The zero-order chi connectivity index (χ0) is 6.15. The Morgan fingerprint density at radius 2 is 2.50 bits per heavy atom. The molecule has 1 atom stereocenters. The van der Waals surface area contributed by atoms with Gasteiger partial charge in [0.05, 0.1) is 11.6 Å². The lowest BCUT2D eigenvalue weighted by Crippen LogP contribution is -2.08. The number of rotatable bonds is 0. The maximum Gasteiger partial charge on any atom is 0.314 e. The minimum Gasteiger partial charge on any atom is -0.459 e. The van der Waals surface area contributed by atoms with E-state index in [-0.39, 0.29) is 18.5 Å². The minimum absolute atomic E-state index is 0.194. The van der Waals surface area contributed by atoms with Gasteiger partial charge in [-0.2, -0.15) is 0 Å². The van der Waals surface area contributed by atoms with Gasteiger partial charge in [-0.05, 0) is 6.92 Å². The molecular weight excluding hydrogens is 106 g/mol. The van der Waals surface area contributed by atoms with Crippen LogP contribution in [0.2, 0.25) is 0 Å². The standard InChI is InChI=1S/C5H7NO2/c1-3-4(6)2-8-5(3)7/h3,6H,2H2,1H3. The summed E-state index contributed by atoms with van der Waals surface area (Å²) < 4.78 is 4.51. The van der Waals surface area contributed by atoms with Gasteiger partial charge in [-0.1, -0.05) is 0 Å². The number of carbonyl (C=O) groups excluding carboxylic acids is 1. The molecule has 3 nitrogen and oxygen atoms in total. The van der Waals surface area contributed by atoms with E-state index in [1.165, 1.54) is 0 Å². The zero-order valence-electron chi connectivity index (χ0n) is 4.60. The molecule has 44 valence electrons. The summed E-state index contributed by atoms with van der Waals surface area (Å²) in [4.78, 5) is 10.4. The highest BCUT2D eigenvalue weighted by Gasteiger charge is 2.26. The van der Waals surface area contributed by atoms with E-state index in [1.54, 1.807) is 6.92 Å². The predicted molar refractivity (Wildman–Crippen MR) is 27.8 cm³/mol. The van der Waals surface area contributed by atoms with E-state index in [0.717, 1.165) is 0 Å². The topological polar surface area (TPSA) is 50.1 Å². The highest BCUT2D eigenvalue weighted by molar-refractivity contribution is 6.05. The van der Waals surface area contributed by atoms with Crippen molar-refractivity contribution in [1.29, 1.82) is 5.41 Å². The van der Waals surface area contributed by atoms with Gasteiger partial charge in [0.25, 0.3) is 0 Å². The van der Waals surface area contributed by atoms with E-state index >= 15 is 0 Å². The number of carbonyl (C=O) groups is 1. The molecule has 1 aliphatic heterocycles. The second-order valence-corrected chi connectivity index (χ2v) is 1.85. The number of cyclic esters (lactones) is 1. The van der Waals surface area contributed by atoms with Crippen molar-refractivity contribution in [3.63, 3.8) is 0 Å². The quantitative estimate of drug-likeness (QED) is 0.456. The Balaban J connectivity index is 2.70. The van der Waals surface area contributed by atoms with E-state index in [4.69, 9.17) is 5.41 Å². The van der Waals surface area contributed by atoms with Crippen LogP contribution in [0, 0.1) is 11.3 Å². The van der Waals surface area contributed by atoms with Gasteiger partial charge in [0.15, 0.2) is 0 Å². The third-order valence-corrected chi connectivity index (χ3v) is 1.25. The molecule has 1 unspecified atom stereocenters. The summed E-state index contributed by atoms with van der Waals surface area (Å²) in [6, 6.07) is 0. The van der Waals surface area contributed by atoms with Crippen molar-refractivity contribution in [2.75, 3.05) is 6.61 Å². The molecule has 1 saturated heterocycles. The van der Waals surface area contributed by atoms with E-state index in [1.807, 2.05) is 0 Å². The van der Waals surface area contributed by atoms with E-state index < -0.39 is 0 Å². The molecule has 0 amide bonds. The fourth-order valence-corrected chi connectivity index (χ4v) is 0.541. The average Bonchev–Trinajstić information content (AvgIpc) is 1.98. The summed E-state index contributed by atoms with van der Waals surface area (Å²) in [7, 11) is 0. The first kappa shape index (κ1) is 5.28. The maximum absolute atomic E-state index is 10.4. The van der Waals surface area contributed by atoms with Crippen LogP contribution in [0.1, 0.15) is 6.92 Å². The fraction of sp³-hybridized carbons (Fsp3) is 0.600. The van der Waals surface area contributed by atoms with Crippen LogP contribution in [0.4, 0.5) is 0 Å². The molecular formula is C5H7NO2. The fourth-order valence-electron chi connectivity index (χ4n) is 0.541. The number of esters is 1. The van der Waals surface area contributed by atoms with Crippen molar-refractivity contribution >= 4 is 11.7 Å². The van der Waals surface area contributed by atoms with Crippen LogP contribution in [-0.2, 0) is 9.53 Å². The summed E-state index contributed by atoms with van der Waals surface area (Å²) in [5.41, 5.74) is 0.384. The van der Waals surface area contributed by atoms with Gasteiger partial charge >= 0.3 is 5.97 Å². The van der Waals surface area contributed by atoms with Crippen LogP contribution in [0.3, 0.4) is 0 Å². The molecule has 0 saturated carbocycles. The Morgan fingerprint density at radius 3 is 2.62 bits per heavy atom. The SMILES string of the molecule is CC1C(=N)COC1=O. The largest absolute Gasteiger partial charge is 0.459 e. The second kappa shape index (κ2) is 1.58. The van der Waals surface area contributed by atoms with E-state index in [0.29, 0.717) is 5.71 Å². The van der Waals surface area contributed by atoms with Crippen molar-refractivity contribution < 1.29 is 9.53 Å². The van der Waals surface area contributed by atoms with Crippen molar-refractivity contribution in [3.8, 4) is 0 Å². The molecule has 1 N–H and O–H groups in total. The minimum atomic E-state index is -0.296. The second-order valence-electron chi connectivity index (χ2n) is 1.85. The van der Waals surface area contributed by atoms with Gasteiger partial charge in [0, 0.05) is 0 Å². The molecule has 1 aliphatic rings. The lowest BCUT2D eigenvalue weighted by atomic mass is 10.1. The molecule has 1 fully saturated rings. The molecule has 0 spiro atoms. The van der Waals surface area contributed by atoms with Crippen LogP contribution < -0.4 is 0 Å². The van der Waals surface area contributed by atoms with Crippen molar-refractivity contribution in [3.05, 3.63) is 0 Å². The average molecular weight is 113 g/mol. The summed E-state index contributed by atoms with van der Waals surface area (Å²) >= 11 is 0. The molecule has 0 aromatic carbocycles. The first-order valence-corrected chi connectivity index (χ1v) is 2.46. The Bertz CT molecular complexity index is 125. The van der Waals surface area contributed by atoms with E-state index in [2.05, 4.69) is 4.74 Å². The molecule has 0 aromatic heterocycles. The lowest BCUT2D eigenvalue weighted by molar-refractivity contribution is -0.140. The molecule has 3 heteroatoms. The summed E-state index contributed by atoms with van der Waals surface area (Å²) in [6.45, 7) is 1.87. The Labute approximate surface area is 47.2 Å². The lowest BCUT2D eigenvalue weighted by Gasteiger charge is -1.89. The van der Waals surface area contributed by atoms with Crippen molar-refractivity contribution in [1.82, 2.24) is 0 Å². The summed E-state index contributed by atoms with van der Waals surface area (Å²) in [5.74, 6) is -0.565. The van der Waals surface area contributed by atoms with Gasteiger partial charge in [-0.25, -0.2) is 0 Å². The van der Waals surface area contributed by atoms with Gasteiger partial charge < -0.3 is 10.1 Å². The van der Waals surface area contributed by atoms with Crippen LogP contribution in [-0.4, -0.2) is 18.3 Å². The van der Waals surface area contributed by atoms with Crippen molar-refractivity contribution in [2.45, 2.75) is 6.92 Å². The van der Waals surface area contributed by atoms with Crippen LogP contribution in [0.25, 0.3) is 0 Å². The monoisotopic (exact) mass is 113 g/mol. The molecule has 0 aromatic rings. The summed E-state index contributed by atoms with van der Waals surface area (Å²) in [6.07, 6.45) is 0. The number of ether oxygens (including phenoxy) is 1. The first-order chi connectivity index (χ1) is 3.72. The molecule has 1 heterocycles. The molecule has 1 rings (SSSR count). The van der Waals surface area contributed by atoms with Crippen molar-refractivity contribution in [2.24, 2.45) is 5.92 Å². The van der Waals surface area contributed by atoms with E-state index in [9.17, 15) is 4.79 Å². The van der Waals surface area contributed by atoms with Crippen LogP contribution in [0.15, 0.2) is 0 Å². The van der Waals surface area contributed by atoms with Gasteiger partial charge in [0.1, 0.15) is 6.61 Å². The number of nitrogens with one attached hydrogen (secondary N) is 1. The third-order valence-electron chi connectivity index (χ3n) is 1.25. The van der Waals surface area contributed by atoms with Crippen LogP contribution in [0.5, 0.6) is 0 Å². The Morgan fingerprint density at radius 1 is 1.88 bits per heavy atom. The molecule has 0 radical (unpaired) electrons. The molecule has 0 aliphatic carbocycles. The van der Waals surface area contributed by atoms with Gasteiger partial charge in [-0.3, -0.25) is 4.79 Å².